The van der Waals surface area contributed by atoms with Gasteiger partial charge in [-0.3, -0.25) is 14.2 Å². The fraction of sp³-hybridized carbons (Fsp3) is 0.304. The van der Waals surface area contributed by atoms with Crippen molar-refractivity contribution in [2.45, 2.75) is 17.3 Å². The van der Waals surface area contributed by atoms with Crippen LogP contribution in [0.4, 0.5) is 0 Å². The van der Waals surface area contributed by atoms with Crippen LogP contribution in [0.2, 0.25) is 0 Å². The molecule has 0 radical (unpaired) electrons. The maximum absolute atomic E-state index is 13.4. The Kier molecular flexibility index (Phi) is 6.57. The van der Waals surface area contributed by atoms with Crippen LogP contribution in [0.15, 0.2) is 58.5 Å². The number of nitrogens with zero attached hydrogens (tertiary/aromatic N) is 3. The molecule has 0 saturated carbocycles. The van der Waals surface area contributed by atoms with E-state index in [9.17, 15) is 14.4 Å². The fourth-order valence-corrected chi connectivity index (χ4v) is 4.55. The second-order valence-electron chi connectivity index (χ2n) is 7.29. The number of hydrogen-bond acceptors (Lipinski definition) is 7. The van der Waals surface area contributed by atoms with Crippen LogP contribution in [-0.2, 0) is 14.3 Å². The smallest absolute Gasteiger partial charge is 0.337 e. The molecule has 0 bridgehead atoms. The van der Waals surface area contributed by atoms with Crippen LogP contribution in [0, 0.1) is 0 Å². The van der Waals surface area contributed by atoms with E-state index in [1.807, 2.05) is 30.3 Å². The Morgan fingerprint density at radius 2 is 1.84 bits per heavy atom. The van der Waals surface area contributed by atoms with E-state index >= 15 is 0 Å². The Bertz CT molecular complexity index is 1210. The molecule has 1 aliphatic rings. The largest absolute Gasteiger partial charge is 0.465 e. The second kappa shape index (κ2) is 9.54. The van der Waals surface area contributed by atoms with E-state index in [1.165, 1.54) is 29.5 Å². The predicted octanol–water partition coefficient (Wildman–Crippen LogP) is 2.51. The van der Waals surface area contributed by atoms with Gasteiger partial charge < -0.3 is 14.4 Å². The lowest BCUT2D eigenvalue weighted by Gasteiger charge is -2.29. The van der Waals surface area contributed by atoms with Gasteiger partial charge in [0.25, 0.3) is 5.56 Å². The molecule has 2 aromatic carbocycles. The molecule has 1 aromatic heterocycles. The molecular formula is C23H23N3O5S. The van der Waals surface area contributed by atoms with Crippen molar-refractivity contribution in [3.63, 3.8) is 0 Å². The molecule has 3 aromatic rings. The standard InChI is InChI=1S/C23H23N3O5S/c1-15(20(27)25-10-12-31-13-11-25)32-23-24-19-14-16(22(29)30-2)8-9-18(19)21(28)26(23)17-6-4-3-5-7-17/h3-9,14-15H,10-13H2,1-2H3. The first-order valence-corrected chi connectivity index (χ1v) is 11.1. The summed E-state index contributed by atoms with van der Waals surface area (Å²) in [5, 5.41) is 0.291. The number of ether oxygens (including phenoxy) is 2. The van der Waals surface area contributed by atoms with Crippen LogP contribution in [0.5, 0.6) is 0 Å². The molecule has 8 nitrogen and oxygen atoms in total. The van der Waals surface area contributed by atoms with E-state index in [0.29, 0.717) is 53.6 Å². The zero-order valence-electron chi connectivity index (χ0n) is 17.8. The number of thioether (sulfide) groups is 1. The summed E-state index contributed by atoms with van der Waals surface area (Å²) in [5.41, 5.74) is 1.06. The highest BCUT2D eigenvalue weighted by Gasteiger charge is 2.26. The summed E-state index contributed by atoms with van der Waals surface area (Å²) < 4.78 is 11.6. The molecule has 1 unspecified atom stereocenters. The molecule has 0 aliphatic carbocycles. The second-order valence-corrected chi connectivity index (χ2v) is 8.60. The van der Waals surface area contributed by atoms with E-state index in [2.05, 4.69) is 4.98 Å². The number of carbonyl (C=O) groups is 2. The number of hydrogen-bond donors (Lipinski definition) is 0. The summed E-state index contributed by atoms with van der Waals surface area (Å²) in [7, 11) is 1.30. The number of fused-ring (bicyclic) bond motifs is 1. The van der Waals surface area contributed by atoms with Gasteiger partial charge in [-0.05, 0) is 37.3 Å². The molecule has 32 heavy (non-hydrogen) atoms. The lowest BCUT2D eigenvalue weighted by atomic mass is 10.1. The van der Waals surface area contributed by atoms with Gasteiger partial charge in [0.05, 0.1) is 47.7 Å². The van der Waals surface area contributed by atoms with Gasteiger partial charge in [0.15, 0.2) is 5.16 Å². The summed E-state index contributed by atoms with van der Waals surface area (Å²) in [6.45, 7) is 3.93. The van der Waals surface area contributed by atoms with E-state index in [0.717, 1.165) is 0 Å². The van der Waals surface area contributed by atoms with E-state index < -0.39 is 11.2 Å². The minimum atomic E-state index is -0.508. The third-order valence-electron chi connectivity index (χ3n) is 5.23. The summed E-state index contributed by atoms with van der Waals surface area (Å²) in [6, 6.07) is 13.8. The minimum Gasteiger partial charge on any atom is -0.465 e. The maximum Gasteiger partial charge on any atom is 0.337 e. The van der Waals surface area contributed by atoms with Crippen LogP contribution in [-0.4, -0.2) is 65.0 Å². The van der Waals surface area contributed by atoms with Crippen molar-refractivity contribution in [3.8, 4) is 5.69 Å². The fourth-order valence-electron chi connectivity index (χ4n) is 3.54. The monoisotopic (exact) mass is 453 g/mol. The first-order chi connectivity index (χ1) is 15.5. The third-order valence-corrected chi connectivity index (χ3v) is 6.27. The molecule has 1 fully saturated rings. The Morgan fingerprint density at radius 1 is 1.12 bits per heavy atom. The molecule has 1 amide bonds. The van der Waals surface area contributed by atoms with Gasteiger partial charge >= 0.3 is 5.97 Å². The van der Waals surface area contributed by atoms with Crippen LogP contribution < -0.4 is 5.56 Å². The van der Waals surface area contributed by atoms with Crippen molar-refractivity contribution in [3.05, 3.63) is 64.4 Å². The van der Waals surface area contributed by atoms with Crippen molar-refractivity contribution in [2.24, 2.45) is 0 Å². The lowest BCUT2D eigenvalue weighted by molar-refractivity contribution is -0.134. The number of carbonyl (C=O) groups excluding carboxylic acids is 2. The molecule has 0 spiro atoms. The summed E-state index contributed by atoms with van der Waals surface area (Å²) in [4.78, 5) is 44.8. The number of esters is 1. The molecule has 1 saturated heterocycles. The molecule has 2 heterocycles. The van der Waals surface area contributed by atoms with Crippen LogP contribution in [0.1, 0.15) is 17.3 Å². The number of rotatable bonds is 5. The molecule has 9 heteroatoms. The maximum atomic E-state index is 13.4. The Morgan fingerprint density at radius 3 is 2.53 bits per heavy atom. The molecule has 1 atom stereocenters. The lowest BCUT2D eigenvalue weighted by Crippen LogP contribution is -2.44. The van der Waals surface area contributed by atoms with Crippen LogP contribution >= 0.6 is 11.8 Å². The number of para-hydroxylation sites is 1. The van der Waals surface area contributed by atoms with Gasteiger partial charge in [-0.25, -0.2) is 9.78 Å². The van der Waals surface area contributed by atoms with Crippen LogP contribution in [0.3, 0.4) is 0 Å². The van der Waals surface area contributed by atoms with Crippen molar-refractivity contribution in [1.82, 2.24) is 14.5 Å². The van der Waals surface area contributed by atoms with Crippen molar-refractivity contribution in [1.29, 1.82) is 0 Å². The number of morpholine rings is 1. The van der Waals surface area contributed by atoms with Gasteiger partial charge in [0.2, 0.25) is 5.91 Å². The highest BCUT2D eigenvalue weighted by Crippen LogP contribution is 2.26. The minimum absolute atomic E-state index is 0.0319. The quantitative estimate of drug-likeness (QED) is 0.333. The average Bonchev–Trinajstić information content (AvgIpc) is 2.84. The van der Waals surface area contributed by atoms with Gasteiger partial charge in [0.1, 0.15) is 0 Å². The number of benzene rings is 2. The Labute approximate surface area is 189 Å². The van der Waals surface area contributed by atoms with E-state index in [1.54, 1.807) is 24.0 Å². The highest BCUT2D eigenvalue weighted by molar-refractivity contribution is 8.00. The molecule has 166 valence electrons. The van der Waals surface area contributed by atoms with Crippen molar-refractivity contribution in [2.75, 3.05) is 33.4 Å². The van der Waals surface area contributed by atoms with Gasteiger partial charge in [0, 0.05) is 13.1 Å². The predicted molar refractivity (Wildman–Crippen MR) is 121 cm³/mol. The SMILES string of the molecule is COC(=O)c1ccc2c(=O)n(-c3ccccc3)c(SC(C)C(=O)N3CCOCC3)nc2c1. The topological polar surface area (TPSA) is 90.7 Å². The summed E-state index contributed by atoms with van der Waals surface area (Å²) >= 11 is 1.22. The molecule has 4 rings (SSSR count). The highest BCUT2D eigenvalue weighted by atomic mass is 32.2. The van der Waals surface area contributed by atoms with Crippen molar-refractivity contribution >= 4 is 34.5 Å². The molecule has 0 N–H and O–H groups in total. The normalized spacial score (nSPS) is 14.9. The van der Waals surface area contributed by atoms with Gasteiger partial charge in [-0.2, -0.15) is 0 Å². The number of aromatic nitrogens is 2. The van der Waals surface area contributed by atoms with E-state index in [-0.39, 0.29) is 11.5 Å². The molecule has 1 aliphatic heterocycles. The average molecular weight is 454 g/mol. The first kappa shape index (κ1) is 22.0. The summed E-state index contributed by atoms with van der Waals surface area (Å²) in [6.07, 6.45) is 0. The first-order valence-electron chi connectivity index (χ1n) is 10.2. The third kappa shape index (κ3) is 4.39. The Hall–Kier alpha value is -3.17. The van der Waals surface area contributed by atoms with Gasteiger partial charge in [-0.15, -0.1) is 0 Å². The van der Waals surface area contributed by atoms with E-state index in [4.69, 9.17) is 9.47 Å². The number of methoxy groups -OCH3 is 1. The van der Waals surface area contributed by atoms with Crippen molar-refractivity contribution < 1.29 is 19.1 Å². The Balaban J connectivity index is 1.79. The van der Waals surface area contributed by atoms with Crippen LogP contribution in [0.25, 0.3) is 16.6 Å². The van der Waals surface area contributed by atoms with Gasteiger partial charge in [-0.1, -0.05) is 30.0 Å². The zero-order valence-corrected chi connectivity index (χ0v) is 18.6. The zero-order chi connectivity index (χ0) is 22.7. The number of amides is 1. The summed E-state index contributed by atoms with van der Waals surface area (Å²) in [5.74, 6) is -0.540. The molecular weight excluding hydrogens is 430 g/mol.